The fourth-order valence-corrected chi connectivity index (χ4v) is 1.74. The van der Waals surface area contributed by atoms with E-state index in [0.717, 1.165) is 0 Å². The summed E-state index contributed by atoms with van der Waals surface area (Å²) in [6.45, 7) is 4.56. The Labute approximate surface area is 134 Å². The van der Waals surface area contributed by atoms with Crippen LogP contribution in [0.3, 0.4) is 0 Å². The molecule has 0 nitrogen and oxygen atoms in total. The molecule has 0 atom stereocenters. The van der Waals surface area contributed by atoms with Crippen LogP contribution in [0.25, 0.3) is 0 Å². The van der Waals surface area contributed by atoms with E-state index in [0.29, 0.717) is 0 Å². The van der Waals surface area contributed by atoms with E-state index in [1.54, 1.807) is 0 Å². The first-order valence-corrected chi connectivity index (χ1v) is 6.41. The number of hydrogen-bond acceptors (Lipinski definition) is 0. The van der Waals surface area contributed by atoms with E-state index in [1.807, 2.05) is 0 Å². The van der Waals surface area contributed by atoms with Crippen molar-refractivity contribution in [3.8, 4) is 0 Å². The molecule has 0 bridgehead atoms. The molecule has 0 saturated heterocycles. The van der Waals surface area contributed by atoms with Crippen molar-refractivity contribution in [3.63, 3.8) is 0 Å². The summed E-state index contributed by atoms with van der Waals surface area (Å²) in [5, 5.41) is 0. The fourth-order valence-electron chi connectivity index (χ4n) is 1.74. The largest absolute Gasteiger partial charge is 0.0654 e. The van der Waals surface area contributed by atoms with Crippen molar-refractivity contribution in [2.24, 2.45) is 0 Å². The van der Waals surface area contributed by atoms with Crippen LogP contribution in [0.5, 0.6) is 0 Å². The second-order valence-corrected chi connectivity index (χ2v) is 4.18. The zero-order valence-corrected chi connectivity index (χ0v) is 13.9. The third kappa shape index (κ3) is 16.1. The summed E-state index contributed by atoms with van der Waals surface area (Å²) in [4.78, 5) is 0. The minimum atomic E-state index is 0. The Morgan fingerprint density at radius 1 is 0.429 bits per heavy atom. The van der Waals surface area contributed by atoms with Gasteiger partial charge in [0, 0.05) is 51.4 Å². The van der Waals surface area contributed by atoms with E-state index in [1.165, 1.54) is 70.6 Å². The smallest absolute Gasteiger partial charge is 0 e. The van der Waals surface area contributed by atoms with Gasteiger partial charge in [0.2, 0.25) is 0 Å². The van der Waals surface area contributed by atoms with Gasteiger partial charge in [-0.1, -0.05) is 84.5 Å². The normalized spacial score (nSPS) is 9.86. The van der Waals surface area contributed by atoms with Crippen molar-refractivity contribution in [1.82, 2.24) is 0 Å². The molecule has 0 fully saturated rings. The topological polar surface area (TPSA) is 0 Å². The van der Waals surface area contributed by atoms with Gasteiger partial charge >= 0.3 is 0 Å². The first-order valence-electron chi connectivity index (χ1n) is 6.41. The van der Waals surface area contributed by atoms with Gasteiger partial charge in [-0.3, -0.25) is 0 Å². The van der Waals surface area contributed by atoms with E-state index in [9.17, 15) is 0 Å². The maximum Gasteiger partial charge on any atom is 0 e. The van der Waals surface area contributed by atoms with Crippen molar-refractivity contribution in [2.45, 2.75) is 84.5 Å². The fraction of sp³-hybridized carbons (Fsp3) is 1.00. The van der Waals surface area contributed by atoms with Crippen LogP contribution in [0.1, 0.15) is 84.5 Å². The Balaban J connectivity index is 0. The van der Waals surface area contributed by atoms with Crippen LogP contribution >= 0.6 is 0 Å². The van der Waals surface area contributed by atoms with Crippen LogP contribution in [-0.2, 0) is 0 Å². The molecule has 0 aliphatic heterocycles. The Morgan fingerprint density at radius 2 is 0.643 bits per heavy atom. The summed E-state index contributed by atoms with van der Waals surface area (Å²) in [7, 11) is 0. The predicted molar refractivity (Wildman–Crippen MR) is 67.9 cm³/mol. The molecule has 0 aliphatic carbocycles. The molecule has 0 heterocycles. The van der Waals surface area contributed by atoms with Gasteiger partial charge in [-0.15, -0.1) is 0 Å². The standard InChI is InChI=1S/C13H28.K/c1-3-5-7-9-11-13-12-10-8-6-4-2;/h3-13H2,1-2H3;. The summed E-state index contributed by atoms with van der Waals surface area (Å²) >= 11 is 0. The molecule has 14 heavy (non-hydrogen) atoms. The maximum absolute atomic E-state index is 2.28. The van der Waals surface area contributed by atoms with E-state index in [4.69, 9.17) is 0 Å². The van der Waals surface area contributed by atoms with Gasteiger partial charge in [0.1, 0.15) is 0 Å². The third-order valence-electron chi connectivity index (χ3n) is 2.71. The van der Waals surface area contributed by atoms with Gasteiger partial charge in [0.15, 0.2) is 0 Å². The van der Waals surface area contributed by atoms with Gasteiger partial charge in [0.25, 0.3) is 0 Å². The SMILES string of the molecule is CCCCCCCCCCCCC.[K]. The maximum atomic E-state index is 2.28. The van der Waals surface area contributed by atoms with E-state index >= 15 is 0 Å². The Hall–Kier alpha value is 1.64. The second-order valence-electron chi connectivity index (χ2n) is 4.18. The molecule has 1 heteroatoms. The van der Waals surface area contributed by atoms with Crippen molar-refractivity contribution < 1.29 is 0 Å². The first-order chi connectivity index (χ1) is 6.41. The zero-order valence-electron chi connectivity index (χ0n) is 10.8. The number of unbranched alkanes of at least 4 members (excludes halogenated alkanes) is 10. The Morgan fingerprint density at radius 3 is 0.857 bits per heavy atom. The average Bonchev–Trinajstić information content (AvgIpc) is 2.16. The molecule has 0 aliphatic rings. The summed E-state index contributed by atoms with van der Waals surface area (Å²) in [5.74, 6) is 0. The number of hydrogen-bond donors (Lipinski definition) is 0. The molecule has 0 aromatic heterocycles. The minimum Gasteiger partial charge on any atom is -0.0654 e. The molecule has 0 aromatic carbocycles. The molecule has 0 rings (SSSR count). The van der Waals surface area contributed by atoms with Crippen molar-refractivity contribution in [1.29, 1.82) is 0 Å². The minimum absolute atomic E-state index is 0. The van der Waals surface area contributed by atoms with Crippen LogP contribution in [0.2, 0.25) is 0 Å². The average molecular weight is 223 g/mol. The van der Waals surface area contributed by atoms with Crippen LogP contribution in [0.4, 0.5) is 0 Å². The summed E-state index contributed by atoms with van der Waals surface area (Å²) in [6.07, 6.45) is 15.9. The van der Waals surface area contributed by atoms with Crippen LogP contribution in [0, 0.1) is 0 Å². The molecule has 0 spiro atoms. The molecule has 0 saturated carbocycles. The monoisotopic (exact) mass is 223 g/mol. The van der Waals surface area contributed by atoms with Crippen molar-refractivity contribution in [3.05, 3.63) is 0 Å². The van der Waals surface area contributed by atoms with Crippen LogP contribution in [-0.4, -0.2) is 51.4 Å². The van der Waals surface area contributed by atoms with Gasteiger partial charge < -0.3 is 0 Å². The second kappa shape index (κ2) is 17.0. The molecule has 0 aromatic rings. The van der Waals surface area contributed by atoms with E-state index < -0.39 is 0 Å². The molecule has 81 valence electrons. The van der Waals surface area contributed by atoms with E-state index in [2.05, 4.69) is 13.8 Å². The Kier molecular flexibility index (Phi) is 21.9. The van der Waals surface area contributed by atoms with Gasteiger partial charge in [0.05, 0.1) is 0 Å². The Bertz CT molecular complexity index is 71.3. The first kappa shape index (κ1) is 18.0. The summed E-state index contributed by atoms with van der Waals surface area (Å²) in [5.41, 5.74) is 0. The predicted octanol–water partition coefficient (Wildman–Crippen LogP) is 4.94. The molecule has 0 N–H and O–H groups in total. The molecular formula is C13H28K. The van der Waals surface area contributed by atoms with Crippen LogP contribution in [0.15, 0.2) is 0 Å². The van der Waals surface area contributed by atoms with Crippen LogP contribution < -0.4 is 0 Å². The molecule has 0 amide bonds. The van der Waals surface area contributed by atoms with E-state index in [-0.39, 0.29) is 51.4 Å². The number of rotatable bonds is 10. The quantitative estimate of drug-likeness (QED) is 0.364. The third-order valence-corrected chi connectivity index (χ3v) is 2.71. The molecular weight excluding hydrogens is 195 g/mol. The van der Waals surface area contributed by atoms with Crippen molar-refractivity contribution >= 4 is 51.4 Å². The zero-order chi connectivity index (χ0) is 9.78. The van der Waals surface area contributed by atoms with Gasteiger partial charge in [-0.2, -0.15) is 0 Å². The molecule has 0 unspecified atom stereocenters. The van der Waals surface area contributed by atoms with Gasteiger partial charge in [-0.25, -0.2) is 0 Å². The van der Waals surface area contributed by atoms with Crippen molar-refractivity contribution in [2.75, 3.05) is 0 Å². The van der Waals surface area contributed by atoms with Gasteiger partial charge in [-0.05, 0) is 0 Å². The summed E-state index contributed by atoms with van der Waals surface area (Å²) in [6, 6.07) is 0. The molecule has 1 radical (unpaired) electrons. The summed E-state index contributed by atoms with van der Waals surface area (Å²) < 4.78 is 0.